The first-order valence-corrected chi connectivity index (χ1v) is 5.24. The van der Waals surface area contributed by atoms with Crippen LogP contribution in [0.25, 0.3) is 0 Å². The molecule has 1 aromatic carbocycles. The number of aliphatic hydroxyl groups is 1. The fourth-order valence-electron chi connectivity index (χ4n) is 1.26. The second-order valence-corrected chi connectivity index (χ2v) is 4.05. The van der Waals surface area contributed by atoms with E-state index in [4.69, 9.17) is 0 Å². The third-order valence-corrected chi connectivity index (χ3v) is 2.83. The largest absolute Gasteiger partial charge is 0.508 e. The Balaban J connectivity index is 2.61. The third kappa shape index (κ3) is 3.22. The Hall–Kier alpha value is -1.06. The topological polar surface area (TPSA) is 52.5 Å². The van der Waals surface area contributed by atoms with Gasteiger partial charge < -0.3 is 15.5 Å². The van der Waals surface area contributed by atoms with Crippen molar-refractivity contribution in [2.24, 2.45) is 0 Å². The molecule has 3 heteroatoms. The molecule has 0 heterocycles. The van der Waals surface area contributed by atoms with E-state index in [1.807, 2.05) is 26.0 Å². The normalized spacial score (nSPS) is 14.9. The number of para-hydroxylation sites is 1. The summed E-state index contributed by atoms with van der Waals surface area (Å²) < 4.78 is 0. The van der Waals surface area contributed by atoms with Gasteiger partial charge in [-0.1, -0.05) is 25.1 Å². The standard InChI is InChI=1S/C12H19NO2/c1-3-12(2,9-14)13-8-10-6-4-5-7-11(10)15/h4-7,13-15H,3,8-9H2,1-2H3. The van der Waals surface area contributed by atoms with Crippen molar-refractivity contribution in [3.05, 3.63) is 29.8 Å². The first-order chi connectivity index (χ1) is 7.11. The lowest BCUT2D eigenvalue weighted by Gasteiger charge is -2.27. The number of phenolic OH excluding ortho intramolecular Hbond substituents is 1. The highest BCUT2D eigenvalue weighted by molar-refractivity contribution is 5.31. The van der Waals surface area contributed by atoms with Crippen molar-refractivity contribution in [1.82, 2.24) is 5.32 Å². The van der Waals surface area contributed by atoms with Crippen molar-refractivity contribution in [2.75, 3.05) is 6.61 Å². The average molecular weight is 209 g/mol. The molecule has 0 radical (unpaired) electrons. The predicted octanol–water partition coefficient (Wildman–Crippen LogP) is 1.64. The van der Waals surface area contributed by atoms with Gasteiger partial charge in [0.2, 0.25) is 0 Å². The van der Waals surface area contributed by atoms with Crippen LogP contribution in [0.1, 0.15) is 25.8 Å². The average Bonchev–Trinajstić information content (AvgIpc) is 2.28. The molecule has 1 rings (SSSR count). The zero-order chi connectivity index (χ0) is 11.3. The van der Waals surface area contributed by atoms with Crippen molar-refractivity contribution >= 4 is 0 Å². The van der Waals surface area contributed by atoms with E-state index in [1.165, 1.54) is 0 Å². The van der Waals surface area contributed by atoms with Gasteiger partial charge in [-0.3, -0.25) is 0 Å². The molecule has 0 aliphatic carbocycles. The minimum Gasteiger partial charge on any atom is -0.508 e. The van der Waals surface area contributed by atoms with Gasteiger partial charge in [-0.05, 0) is 19.4 Å². The smallest absolute Gasteiger partial charge is 0.120 e. The quantitative estimate of drug-likeness (QED) is 0.691. The molecule has 1 aromatic rings. The second kappa shape index (κ2) is 5.14. The van der Waals surface area contributed by atoms with E-state index in [2.05, 4.69) is 5.32 Å². The van der Waals surface area contributed by atoms with Gasteiger partial charge in [0.1, 0.15) is 5.75 Å². The van der Waals surface area contributed by atoms with Crippen LogP contribution >= 0.6 is 0 Å². The number of aromatic hydroxyl groups is 1. The number of aliphatic hydroxyl groups excluding tert-OH is 1. The molecule has 0 saturated heterocycles. The lowest BCUT2D eigenvalue weighted by atomic mass is 10.00. The molecule has 1 unspecified atom stereocenters. The predicted molar refractivity (Wildman–Crippen MR) is 60.7 cm³/mol. The SMILES string of the molecule is CCC(C)(CO)NCc1ccccc1O. The fourth-order valence-corrected chi connectivity index (χ4v) is 1.26. The van der Waals surface area contributed by atoms with Gasteiger partial charge in [0, 0.05) is 17.6 Å². The molecule has 0 amide bonds. The highest BCUT2D eigenvalue weighted by Crippen LogP contribution is 2.17. The lowest BCUT2D eigenvalue weighted by Crippen LogP contribution is -2.44. The number of rotatable bonds is 5. The molecule has 0 saturated carbocycles. The van der Waals surface area contributed by atoms with Gasteiger partial charge >= 0.3 is 0 Å². The van der Waals surface area contributed by atoms with Crippen LogP contribution in [0.5, 0.6) is 5.75 Å². The number of nitrogens with one attached hydrogen (secondary N) is 1. The van der Waals surface area contributed by atoms with Crippen LogP contribution in [0.4, 0.5) is 0 Å². The van der Waals surface area contributed by atoms with E-state index in [-0.39, 0.29) is 12.1 Å². The molecule has 0 aliphatic rings. The van der Waals surface area contributed by atoms with Crippen molar-refractivity contribution in [2.45, 2.75) is 32.4 Å². The fraction of sp³-hybridized carbons (Fsp3) is 0.500. The van der Waals surface area contributed by atoms with Crippen molar-refractivity contribution in [3.8, 4) is 5.75 Å². The Morgan fingerprint density at radius 2 is 2.00 bits per heavy atom. The minimum absolute atomic E-state index is 0.0943. The number of hydrogen-bond donors (Lipinski definition) is 3. The van der Waals surface area contributed by atoms with Gasteiger partial charge in [-0.2, -0.15) is 0 Å². The van der Waals surface area contributed by atoms with Crippen LogP contribution in [0.15, 0.2) is 24.3 Å². The van der Waals surface area contributed by atoms with Crippen molar-refractivity contribution < 1.29 is 10.2 Å². The Kier molecular flexibility index (Phi) is 4.12. The van der Waals surface area contributed by atoms with E-state index >= 15 is 0 Å². The van der Waals surface area contributed by atoms with E-state index < -0.39 is 0 Å². The maximum absolute atomic E-state index is 9.55. The number of phenols is 1. The molecular formula is C12H19NO2. The van der Waals surface area contributed by atoms with E-state index in [0.717, 1.165) is 12.0 Å². The van der Waals surface area contributed by atoms with Crippen LogP contribution in [0.3, 0.4) is 0 Å². The zero-order valence-corrected chi connectivity index (χ0v) is 9.33. The van der Waals surface area contributed by atoms with Gasteiger partial charge in [-0.25, -0.2) is 0 Å². The Morgan fingerprint density at radius 3 is 2.53 bits per heavy atom. The molecule has 3 nitrogen and oxygen atoms in total. The first-order valence-electron chi connectivity index (χ1n) is 5.24. The minimum atomic E-state index is -0.276. The van der Waals surface area contributed by atoms with Crippen LogP contribution in [0, 0.1) is 0 Å². The molecular weight excluding hydrogens is 190 g/mol. The summed E-state index contributed by atoms with van der Waals surface area (Å²) in [6.45, 7) is 4.65. The summed E-state index contributed by atoms with van der Waals surface area (Å²) >= 11 is 0. The number of hydrogen-bond acceptors (Lipinski definition) is 3. The Morgan fingerprint density at radius 1 is 1.33 bits per heavy atom. The zero-order valence-electron chi connectivity index (χ0n) is 9.33. The molecule has 0 fully saturated rings. The summed E-state index contributed by atoms with van der Waals surface area (Å²) in [6, 6.07) is 7.22. The summed E-state index contributed by atoms with van der Waals surface area (Å²) in [4.78, 5) is 0. The first kappa shape index (κ1) is 12.0. The van der Waals surface area contributed by atoms with Crippen LogP contribution in [-0.4, -0.2) is 22.4 Å². The van der Waals surface area contributed by atoms with Crippen LogP contribution in [-0.2, 0) is 6.54 Å². The highest BCUT2D eigenvalue weighted by Gasteiger charge is 2.19. The van der Waals surface area contributed by atoms with E-state index in [1.54, 1.807) is 12.1 Å². The molecule has 84 valence electrons. The van der Waals surface area contributed by atoms with E-state index in [0.29, 0.717) is 12.3 Å². The Labute approximate surface area is 90.8 Å². The van der Waals surface area contributed by atoms with Gasteiger partial charge in [-0.15, -0.1) is 0 Å². The van der Waals surface area contributed by atoms with Crippen LogP contribution in [0.2, 0.25) is 0 Å². The van der Waals surface area contributed by atoms with E-state index in [9.17, 15) is 10.2 Å². The summed E-state index contributed by atoms with van der Waals surface area (Å²) in [7, 11) is 0. The van der Waals surface area contributed by atoms with Gasteiger partial charge in [0.15, 0.2) is 0 Å². The van der Waals surface area contributed by atoms with Gasteiger partial charge in [0.05, 0.1) is 6.61 Å². The van der Waals surface area contributed by atoms with Crippen molar-refractivity contribution in [1.29, 1.82) is 0 Å². The van der Waals surface area contributed by atoms with Gasteiger partial charge in [0.25, 0.3) is 0 Å². The second-order valence-electron chi connectivity index (χ2n) is 4.05. The maximum atomic E-state index is 9.55. The third-order valence-electron chi connectivity index (χ3n) is 2.83. The maximum Gasteiger partial charge on any atom is 0.120 e. The molecule has 1 atom stereocenters. The highest BCUT2D eigenvalue weighted by atomic mass is 16.3. The molecule has 0 aliphatic heterocycles. The molecule has 0 aromatic heterocycles. The molecule has 0 bridgehead atoms. The molecule has 3 N–H and O–H groups in total. The molecule has 15 heavy (non-hydrogen) atoms. The summed E-state index contributed by atoms with van der Waals surface area (Å²) in [5, 5.41) is 22.0. The summed E-state index contributed by atoms with van der Waals surface area (Å²) in [6.07, 6.45) is 0.844. The Bertz CT molecular complexity index is 308. The summed E-state index contributed by atoms with van der Waals surface area (Å²) in [5.74, 6) is 0.293. The summed E-state index contributed by atoms with van der Waals surface area (Å²) in [5.41, 5.74) is 0.577. The monoisotopic (exact) mass is 209 g/mol. The van der Waals surface area contributed by atoms with Crippen molar-refractivity contribution in [3.63, 3.8) is 0 Å². The number of benzene rings is 1. The molecule has 0 spiro atoms. The van der Waals surface area contributed by atoms with Crippen LogP contribution < -0.4 is 5.32 Å². The lowest BCUT2D eigenvalue weighted by molar-refractivity contribution is 0.168.